The molecule has 3 nitrogen and oxygen atoms in total. The van der Waals surface area contributed by atoms with Crippen molar-refractivity contribution in [3.8, 4) is 11.5 Å². The lowest BCUT2D eigenvalue weighted by Gasteiger charge is -2.13. The lowest BCUT2D eigenvalue weighted by molar-refractivity contribution is 0.271. The van der Waals surface area contributed by atoms with E-state index in [1.807, 2.05) is 19.1 Å². The van der Waals surface area contributed by atoms with Crippen LogP contribution in [0.4, 0.5) is 0 Å². The molecule has 21 heavy (non-hydrogen) atoms. The Morgan fingerprint density at radius 3 is 2.67 bits per heavy atom. The number of benzene rings is 1. The van der Waals surface area contributed by atoms with E-state index in [1.165, 1.54) is 10.4 Å². The molecule has 0 bridgehead atoms. The van der Waals surface area contributed by atoms with E-state index in [2.05, 4.69) is 45.7 Å². The number of rotatable bonds is 8. The van der Waals surface area contributed by atoms with E-state index in [4.69, 9.17) is 9.47 Å². The SMILES string of the molecule is CCNCc1ccc(OCc2cc(Br)cs2)c(OCC)c1. The molecular weight excluding hydrogens is 350 g/mol. The van der Waals surface area contributed by atoms with E-state index >= 15 is 0 Å². The third-order valence-electron chi connectivity index (χ3n) is 2.88. The summed E-state index contributed by atoms with van der Waals surface area (Å²) in [5.41, 5.74) is 1.20. The average molecular weight is 370 g/mol. The van der Waals surface area contributed by atoms with Gasteiger partial charge in [0.1, 0.15) is 6.61 Å². The molecule has 1 aromatic heterocycles. The first kappa shape index (κ1) is 16.3. The summed E-state index contributed by atoms with van der Waals surface area (Å²) in [4.78, 5) is 1.18. The lowest BCUT2D eigenvalue weighted by Crippen LogP contribution is -2.11. The van der Waals surface area contributed by atoms with Gasteiger partial charge in [0.2, 0.25) is 0 Å². The quantitative estimate of drug-likeness (QED) is 0.737. The van der Waals surface area contributed by atoms with Gasteiger partial charge in [-0.15, -0.1) is 11.3 Å². The van der Waals surface area contributed by atoms with Gasteiger partial charge in [-0.1, -0.05) is 13.0 Å². The standard InChI is InChI=1S/C16H20BrNO2S/c1-3-18-9-12-5-6-15(16(7-12)19-4-2)20-10-14-8-13(17)11-21-14/h5-8,11,18H,3-4,9-10H2,1-2H3. The van der Waals surface area contributed by atoms with E-state index in [-0.39, 0.29) is 0 Å². The topological polar surface area (TPSA) is 30.5 Å². The molecule has 5 heteroatoms. The molecule has 2 rings (SSSR count). The molecule has 2 aromatic rings. The lowest BCUT2D eigenvalue weighted by atomic mass is 10.2. The van der Waals surface area contributed by atoms with Crippen molar-refractivity contribution in [1.29, 1.82) is 0 Å². The summed E-state index contributed by atoms with van der Waals surface area (Å²) in [5, 5.41) is 5.37. The van der Waals surface area contributed by atoms with Crippen LogP contribution in [0.2, 0.25) is 0 Å². The van der Waals surface area contributed by atoms with Crippen LogP contribution in [0.1, 0.15) is 24.3 Å². The van der Waals surface area contributed by atoms with Gasteiger partial charge in [0.25, 0.3) is 0 Å². The summed E-state index contributed by atoms with van der Waals surface area (Å²) in [7, 11) is 0. The molecule has 0 amide bonds. The van der Waals surface area contributed by atoms with Crippen molar-refractivity contribution in [3.63, 3.8) is 0 Å². The van der Waals surface area contributed by atoms with E-state index in [1.54, 1.807) is 11.3 Å². The number of thiophene rings is 1. The molecule has 0 saturated heterocycles. The molecule has 114 valence electrons. The Labute approximate surface area is 138 Å². The minimum absolute atomic E-state index is 0.558. The number of ether oxygens (including phenoxy) is 2. The Morgan fingerprint density at radius 2 is 2.00 bits per heavy atom. The Hall–Kier alpha value is -1.04. The molecule has 1 N–H and O–H groups in total. The summed E-state index contributed by atoms with van der Waals surface area (Å²) < 4.78 is 12.7. The predicted molar refractivity (Wildman–Crippen MR) is 91.3 cm³/mol. The van der Waals surface area contributed by atoms with Crippen LogP contribution in [0.25, 0.3) is 0 Å². The average Bonchev–Trinajstić information content (AvgIpc) is 2.90. The summed E-state index contributed by atoms with van der Waals surface area (Å²) >= 11 is 5.13. The highest BCUT2D eigenvalue weighted by Gasteiger charge is 2.07. The van der Waals surface area contributed by atoms with Gasteiger partial charge in [-0.2, -0.15) is 0 Å². The highest BCUT2D eigenvalue weighted by Crippen LogP contribution is 2.30. The molecule has 0 aliphatic heterocycles. The molecular formula is C16H20BrNO2S. The normalized spacial score (nSPS) is 10.6. The summed E-state index contributed by atoms with van der Waals surface area (Å²) in [6.07, 6.45) is 0. The Kier molecular flexibility index (Phi) is 6.54. The highest BCUT2D eigenvalue weighted by atomic mass is 79.9. The van der Waals surface area contributed by atoms with E-state index in [0.717, 1.165) is 29.1 Å². The maximum Gasteiger partial charge on any atom is 0.161 e. The van der Waals surface area contributed by atoms with Crippen molar-refractivity contribution in [1.82, 2.24) is 5.32 Å². The van der Waals surface area contributed by atoms with Gasteiger partial charge >= 0.3 is 0 Å². The fourth-order valence-corrected chi connectivity index (χ4v) is 3.26. The third-order valence-corrected chi connectivity index (χ3v) is 4.55. The van der Waals surface area contributed by atoms with Crippen molar-refractivity contribution < 1.29 is 9.47 Å². The first-order valence-electron chi connectivity index (χ1n) is 7.05. The molecule has 0 radical (unpaired) electrons. The minimum Gasteiger partial charge on any atom is -0.490 e. The maximum absolute atomic E-state index is 5.89. The molecule has 0 unspecified atom stereocenters. The van der Waals surface area contributed by atoms with Gasteiger partial charge < -0.3 is 14.8 Å². The number of halogens is 1. The largest absolute Gasteiger partial charge is 0.490 e. The molecule has 1 aromatic carbocycles. The fourth-order valence-electron chi connectivity index (χ4n) is 1.90. The molecule has 0 saturated carbocycles. The van der Waals surface area contributed by atoms with E-state index < -0.39 is 0 Å². The number of nitrogens with one attached hydrogen (secondary N) is 1. The van der Waals surface area contributed by atoms with Crippen LogP contribution in [0.3, 0.4) is 0 Å². The van der Waals surface area contributed by atoms with Crippen LogP contribution < -0.4 is 14.8 Å². The van der Waals surface area contributed by atoms with Crippen molar-refractivity contribution in [3.05, 3.63) is 44.6 Å². The van der Waals surface area contributed by atoms with Gasteiger partial charge in [-0.3, -0.25) is 0 Å². The van der Waals surface area contributed by atoms with E-state index in [0.29, 0.717) is 13.2 Å². The Morgan fingerprint density at radius 1 is 1.14 bits per heavy atom. The van der Waals surface area contributed by atoms with Gasteiger partial charge in [-0.25, -0.2) is 0 Å². The molecule has 0 aliphatic rings. The Bertz CT molecular complexity index is 571. The van der Waals surface area contributed by atoms with Crippen LogP contribution in [0.5, 0.6) is 11.5 Å². The zero-order chi connectivity index (χ0) is 15.1. The minimum atomic E-state index is 0.558. The molecule has 0 spiro atoms. The van der Waals surface area contributed by atoms with Crippen LogP contribution >= 0.6 is 27.3 Å². The van der Waals surface area contributed by atoms with Gasteiger partial charge in [0, 0.05) is 21.3 Å². The van der Waals surface area contributed by atoms with Crippen molar-refractivity contribution in [2.24, 2.45) is 0 Å². The van der Waals surface area contributed by atoms with Crippen LogP contribution in [-0.2, 0) is 13.2 Å². The van der Waals surface area contributed by atoms with E-state index in [9.17, 15) is 0 Å². The zero-order valence-electron chi connectivity index (χ0n) is 12.3. The zero-order valence-corrected chi connectivity index (χ0v) is 14.7. The second-order valence-electron chi connectivity index (χ2n) is 4.51. The molecule has 0 atom stereocenters. The molecule has 0 fully saturated rings. The second-order valence-corrected chi connectivity index (χ2v) is 6.43. The van der Waals surface area contributed by atoms with Crippen molar-refractivity contribution in [2.45, 2.75) is 27.0 Å². The summed E-state index contributed by atoms with van der Waals surface area (Å²) in [6.45, 7) is 7.07. The summed E-state index contributed by atoms with van der Waals surface area (Å²) in [6, 6.07) is 8.18. The maximum atomic E-state index is 5.89. The highest BCUT2D eigenvalue weighted by molar-refractivity contribution is 9.10. The van der Waals surface area contributed by atoms with Gasteiger partial charge in [0.15, 0.2) is 11.5 Å². The molecule has 1 heterocycles. The third kappa shape index (κ3) is 5.02. The Balaban J connectivity index is 2.06. The fraction of sp³-hybridized carbons (Fsp3) is 0.375. The van der Waals surface area contributed by atoms with Crippen molar-refractivity contribution >= 4 is 27.3 Å². The number of hydrogen-bond donors (Lipinski definition) is 1. The predicted octanol–water partition coefficient (Wildman–Crippen LogP) is 4.60. The second kappa shape index (κ2) is 8.41. The molecule has 0 aliphatic carbocycles. The van der Waals surface area contributed by atoms with Crippen LogP contribution in [0.15, 0.2) is 34.1 Å². The monoisotopic (exact) mass is 369 g/mol. The first-order chi connectivity index (χ1) is 10.2. The number of hydrogen-bond acceptors (Lipinski definition) is 4. The van der Waals surface area contributed by atoms with Gasteiger partial charge in [-0.05, 0) is 53.2 Å². The smallest absolute Gasteiger partial charge is 0.161 e. The van der Waals surface area contributed by atoms with Crippen LogP contribution in [0, 0.1) is 0 Å². The van der Waals surface area contributed by atoms with Crippen LogP contribution in [-0.4, -0.2) is 13.2 Å². The van der Waals surface area contributed by atoms with Gasteiger partial charge in [0.05, 0.1) is 6.61 Å². The first-order valence-corrected chi connectivity index (χ1v) is 8.72. The summed E-state index contributed by atoms with van der Waals surface area (Å²) in [5.74, 6) is 1.60. The van der Waals surface area contributed by atoms with Crippen molar-refractivity contribution in [2.75, 3.05) is 13.2 Å².